The summed E-state index contributed by atoms with van der Waals surface area (Å²) in [7, 11) is 3.04. The molecule has 0 atom stereocenters. The van der Waals surface area contributed by atoms with Crippen LogP contribution in [0.25, 0.3) is 0 Å². The molecule has 0 fully saturated rings. The van der Waals surface area contributed by atoms with Gasteiger partial charge < -0.3 is 14.8 Å². The Balaban J connectivity index is 2.33. The fourth-order valence-electron chi connectivity index (χ4n) is 1.79. The molecule has 0 radical (unpaired) electrons. The van der Waals surface area contributed by atoms with Gasteiger partial charge in [-0.25, -0.2) is 0 Å². The fraction of sp³-hybridized carbons (Fsp3) is 0.133. The van der Waals surface area contributed by atoms with Crippen LogP contribution in [-0.4, -0.2) is 20.1 Å². The third kappa shape index (κ3) is 3.74. The van der Waals surface area contributed by atoms with Gasteiger partial charge >= 0.3 is 0 Å². The SMILES string of the molecule is COc1cc(C(=O)Nc2ccc(Br)cc2Cl)cc(OC)c1Br. The highest BCUT2D eigenvalue weighted by Gasteiger charge is 2.15. The maximum atomic E-state index is 12.4. The molecule has 0 saturated heterocycles. The minimum absolute atomic E-state index is 0.312. The van der Waals surface area contributed by atoms with Gasteiger partial charge in [0.1, 0.15) is 16.0 Å². The molecule has 0 aliphatic heterocycles. The van der Waals surface area contributed by atoms with Crippen molar-refractivity contribution in [1.82, 2.24) is 0 Å². The van der Waals surface area contributed by atoms with Crippen molar-refractivity contribution in [2.45, 2.75) is 0 Å². The maximum absolute atomic E-state index is 12.4. The molecule has 1 amide bonds. The van der Waals surface area contributed by atoms with Crippen LogP contribution in [0.4, 0.5) is 5.69 Å². The van der Waals surface area contributed by atoms with Crippen LogP contribution in [0, 0.1) is 0 Å². The van der Waals surface area contributed by atoms with Gasteiger partial charge in [0.05, 0.1) is 24.9 Å². The van der Waals surface area contributed by atoms with Crippen molar-refractivity contribution in [3.05, 3.63) is 49.9 Å². The summed E-state index contributed by atoms with van der Waals surface area (Å²) in [5.41, 5.74) is 0.923. The lowest BCUT2D eigenvalue weighted by molar-refractivity contribution is 0.102. The number of hydrogen-bond acceptors (Lipinski definition) is 3. The number of ether oxygens (including phenoxy) is 2. The van der Waals surface area contributed by atoms with Gasteiger partial charge in [0.25, 0.3) is 5.91 Å². The van der Waals surface area contributed by atoms with Gasteiger partial charge in [0.15, 0.2) is 0 Å². The molecule has 4 nitrogen and oxygen atoms in total. The van der Waals surface area contributed by atoms with Gasteiger partial charge in [-0.15, -0.1) is 0 Å². The number of hydrogen-bond donors (Lipinski definition) is 1. The molecule has 0 unspecified atom stereocenters. The summed E-state index contributed by atoms with van der Waals surface area (Å²) in [5, 5.41) is 3.20. The van der Waals surface area contributed by atoms with Crippen molar-refractivity contribution >= 4 is 55.1 Å². The molecular weight excluding hydrogens is 437 g/mol. The monoisotopic (exact) mass is 447 g/mol. The van der Waals surface area contributed by atoms with Crippen molar-refractivity contribution in [2.75, 3.05) is 19.5 Å². The molecule has 2 aromatic carbocycles. The van der Waals surface area contributed by atoms with Crippen molar-refractivity contribution in [1.29, 1.82) is 0 Å². The molecule has 2 aromatic rings. The quantitative estimate of drug-likeness (QED) is 0.704. The van der Waals surface area contributed by atoms with E-state index in [1.54, 1.807) is 30.3 Å². The zero-order valence-electron chi connectivity index (χ0n) is 11.7. The first kappa shape index (κ1) is 17.1. The molecular formula is C15H12Br2ClNO3. The molecule has 0 aliphatic rings. The van der Waals surface area contributed by atoms with E-state index in [-0.39, 0.29) is 5.91 Å². The molecule has 116 valence electrons. The van der Waals surface area contributed by atoms with Crippen molar-refractivity contribution in [2.24, 2.45) is 0 Å². The zero-order valence-corrected chi connectivity index (χ0v) is 15.7. The summed E-state index contributed by atoms with van der Waals surface area (Å²) in [4.78, 5) is 12.4. The molecule has 2 rings (SSSR count). The van der Waals surface area contributed by atoms with Gasteiger partial charge in [-0.05, 0) is 46.3 Å². The second-order valence-corrected chi connectivity index (χ2v) is 6.39. The van der Waals surface area contributed by atoms with E-state index in [1.807, 2.05) is 0 Å². The largest absolute Gasteiger partial charge is 0.495 e. The topological polar surface area (TPSA) is 47.6 Å². The molecule has 1 N–H and O–H groups in total. The number of methoxy groups -OCH3 is 2. The van der Waals surface area contributed by atoms with Crippen LogP contribution >= 0.6 is 43.5 Å². The summed E-state index contributed by atoms with van der Waals surface area (Å²) in [5.74, 6) is 0.700. The Hall–Kier alpha value is -1.24. The molecule has 0 bridgehead atoms. The third-order valence-corrected chi connectivity index (χ3v) is 4.47. The standard InChI is InChI=1S/C15H12Br2ClNO3/c1-21-12-5-8(6-13(22-2)14(12)17)15(20)19-11-4-3-9(16)7-10(11)18/h3-7H,1-2H3,(H,19,20). The highest BCUT2D eigenvalue weighted by molar-refractivity contribution is 9.11. The molecule has 0 aliphatic carbocycles. The van der Waals surface area contributed by atoms with Gasteiger partial charge in [-0.1, -0.05) is 27.5 Å². The number of anilines is 1. The Bertz CT molecular complexity index is 697. The van der Waals surface area contributed by atoms with E-state index in [4.69, 9.17) is 21.1 Å². The van der Waals surface area contributed by atoms with E-state index in [0.29, 0.717) is 32.2 Å². The summed E-state index contributed by atoms with van der Waals surface area (Å²) in [6, 6.07) is 8.46. The molecule has 0 spiro atoms. The lowest BCUT2D eigenvalue weighted by Gasteiger charge is -2.12. The number of carbonyl (C=O) groups is 1. The van der Waals surface area contributed by atoms with Crippen LogP contribution in [0.15, 0.2) is 39.3 Å². The molecule has 0 saturated carbocycles. The first-order valence-electron chi connectivity index (χ1n) is 6.14. The average Bonchev–Trinajstić information content (AvgIpc) is 2.50. The average molecular weight is 450 g/mol. The first-order chi connectivity index (χ1) is 10.5. The van der Waals surface area contributed by atoms with E-state index in [2.05, 4.69) is 37.2 Å². The number of nitrogens with one attached hydrogen (secondary N) is 1. The normalized spacial score (nSPS) is 10.2. The van der Waals surface area contributed by atoms with E-state index in [1.165, 1.54) is 14.2 Å². The Morgan fingerprint density at radius 3 is 2.18 bits per heavy atom. The van der Waals surface area contributed by atoms with Crippen LogP contribution in [0.2, 0.25) is 5.02 Å². The van der Waals surface area contributed by atoms with E-state index in [9.17, 15) is 4.79 Å². The van der Waals surface area contributed by atoms with Crippen LogP contribution in [0.1, 0.15) is 10.4 Å². The molecule has 0 heterocycles. The number of rotatable bonds is 4. The Morgan fingerprint density at radius 1 is 1.09 bits per heavy atom. The number of halogens is 3. The first-order valence-corrected chi connectivity index (χ1v) is 8.10. The van der Waals surface area contributed by atoms with Gasteiger partial charge in [-0.2, -0.15) is 0 Å². The van der Waals surface area contributed by atoms with Crippen LogP contribution in [0.3, 0.4) is 0 Å². The fourth-order valence-corrected chi connectivity index (χ4v) is 3.06. The summed E-state index contributed by atoms with van der Waals surface area (Å²) in [6.45, 7) is 0. The van der Waals surface area contributed by atoms with E-state index >= 15 is 0 Å². The predicted octanol–water partition coefficient (Wildman–Crippen LogP) is 5.13. The van der Waals surface area contributed by atoms with Crippen molar-refractivity contribution in [3.8, 4) is 11.5 Å². The predicted molar refractivity (Wildman–Crippen MR) is 94.4 cm³/mol. The Kier molecular flexibility index (Phi) is 5.72. The van der Waals surface area contributed by atoms with Gasteiger partial charge in [0.2, 0.25) is 0 Å². The van der Waals surface area contributed by atoms with Gasteiger partial charge in [0, 0.05) is 10.0 Å². The highest BCUT2D eigenvalue weighted by atomic mass is 79.9. The second-order valence-electron chi connectivity index (χ2n) is 4.27. The molecule has 22 heavy (non-hydrogen) atoms. The Morgan fingerprint density at radius 2 is 1.68 bits per heavy atom. The molecule has 7 heteroatoms. The maximum Gasteiger partial charge on any atom is 0.255 e. The highest BCUT2D eigenvalue weighted by Crippen LogP contribution is 2.36. The summed E-state index contributed by atoms with van der Waals surface area (Å²) >= 11 is 12.8. The molecule has 0 aromatic heterocycles. The minimum Gasteiger partial charge on any atom is -0.495 e. The summed E-state index contributed by atoms with van der Waals surface area (Å²) in [6.07, 6.45) is 0. The second kappa shape index (κ2) is 7.35. The zero-order chi connectivity index (χ0) is 16.3. The summed E-state index contributed by atoms with van der Waals surface area (Å²) < 4.78 is 11.9. The number of carbonyl (C=O) groups excluding carboxylic acids is 1. The van der Waals surface area contributed by atoms with Crippen LogP contribution < -0.4 is 14.8 Å². The smallest absolute Gasteiger partial charge is 0.255 e. The lowest BCUT2D eigenvalue weighted by Crippen LogP contribution is -2.12. The van der Waals surface area contributed by atoms with Crippen LogP contribution in [-0.2, 0) is 0 Å². The lowest BCUT2D eigenvalue weighted by atomic mass is 10.1. The van der Waals surface area contributed by atoms with Crippen molar-refractivity contribution in [3.63, 3.8) is 0 Å². The Labute approximate surface area is 150 Å². The third-order valence-electron chi connectivity index (χ3n) is 2.89. The van der Waals surface area contributed by atoms with E-state index in [0.717, 1.165) is 4.47 Å². The van der Waals surface area contributed by atoms with Crippen molar-refractivity contribution < 1.29 is 14.3 Å². The number of benzene rings is 2. The van der Waals surface area contributed by atoms with E-state index < -0.39 is 0 Å². The van der Waals surface area contributed by atoms with Gasteiger partial charge in [-0.3, -0.25) is 4.79 Å². The van der Waals surface area contributed by atoms with Crippen LogP contribution in [0.5, 0.6) is 11.5 Å². The number of amides is 1. The minimum atomic E-state index is -0.312.